The molecule has 20 heavy (non-hydrogen) atoms. The van der Waals surface area contributed by atoms with Crippen LogP contribution in [0.25, 0.3) is 5.57 Å². The van der Waals surface area contributed by atoms with Gasteiger partial charge in [-0.05, 0) is 64.5 Å². The molecule has 0 unspecified atom stereocenters. The first-order valence-corrected chi connectivity index (χ1v) is 7.54. The topological polar surface area (TPSA) is 17.1 Å². The summed E-state index contributed by atoms with van der Waals surface area (Å²) in [4.78, 5) is 11.0. The predicted octanol–water partition coefficient (Wildman–Crippen LogP) is 5.20. The monoisotopic (exact) mass is 290 g/mol. The fraction of sp³-hybridized carbons (Fsp3) is 0.500. The molecule has 0 heterocycles. The molecule has 1 aliphatic rings. The van der Waals surface area contributed by atoms with E-state index in [2.05, 4.69) is 45.9 Å². The number of fused-ring (bicyclic) bond motifs is 1. The molecule has 1 aromatic carbocycles. The highest BCUT2D eigenvalue weighted by atomic mass is 35.5. The lowest BCUT2D eigenvalue weighted by Gasteiger charge is -2.42. The van der Waals surface area contributed by atoms with Crippen molar-refractivity contribution in [3.63, 3.8) is 0 Å². The van der Waals surface area contributed by atoms with Crippen LogP contribution in [0.2, 0.25) is 0 Å². The van der Waals surface area contributed by atoms with Gasteiger partial charge in [-0.1, -0.05) is 45.9 Å². The van der Waals surface area contributed by atoms with Gasteiger partial charge >= 0.3 is 0 Å². The van der Waals surface area contributed by atoms with Crippen LogP contribution in [0.15, 0.2) is 24.3 Å². The molecule has 1 aliphatic carbocycles. The zero-order valence-corrected chi connectivity index (χ0v) is 13.8. The van der Waals surface area contributed by atoms with Crippen molar-refractivity contribution in [2.75, 3.05) is 0 Å². The van der Waals surface area contributed by atoms with Crippen molar-refractivity contribution in [2.45, 2.75) is 58.3 Å². The van der Waals surface area contributed by atoms with E-state index in [1.165, 1.54) is 30.0 Å². The minimum absolute atomic E-state index is 0.187. The molecule has 0 radical (unpaired) electrons. The largest absolute Gasteiger partial charge is 0.276 e. The summed E-state index contributed by atoms with van der Waals surface area (Å²) in [5.41, 5.74) is 5.26. The molecule has 0 saturated heterocycles. The average molecular weight is 291 g/mol. The first kappa shape index (κ1) is 15.3. The van der Waals surface area contributed by atoms with Gasteiger partial charge < -0.3 is 0 Å². The molecule has 0 atom stereocenters. The number of hydrogen-bond donors (Lipinski definition) is 0. The highest BCUT2D eigenvalue weighted by Crippen LogP contribution is 2.46. The molecule has 108 valence electrons. The first-order chi connectivity index (χ1) is 9.13. The van der Waals surface area contributed by atoms with Gasteiger partial charge in [0.05, 0.1) is 0 Å². The molecule has 0 aliphatic heterocycles. The predicted molar refractivity (Wildman–Crippen MR) is 86.2 cm³/mol. The maximum Gasteiger partial charge on any atom is 0.245 e. The van der Waals surface area contributed by atoms with Crippen LogP contribution in [-0.4, -0.2) is 5.24 Å². The van der Waals surface area contributed by atoms with Gasteiger partial charge in [-0.25, -0.2) is 0 Å². The Morgan fingerprint density at radius 2 is 1.65 bits per heavy atom. The standard InChI is InChI=1S/C18H23ClO/c1-12(10-16(19)20)13-6-7-14-15(11-13)18(4,5)9-8-17(14,2)3/h6-7,10-11H,8-9H2,1-5H3/b12-10-. The molecular formula is C18H23ClO. The molecule has 1 aromatic rings. The molecule has 0 spiro atoms. The van der Waals surface area contributed by atoms with Crippen LogP contribution in [-0.2, 0) is 15.6 Å². The second kappa shape index (κ2) is 5.04. The maximum absolute atomic E-state index is 11.0. The van der Waals surface area contributed by atoms with Crippen molar-refractivity contribution in [3.05, 3.63) is 41.0 Å². The molecule has 0 aromatic heterocycles. The molecule has 2 rings (SSSR count). The highest BCUT2D eigenvalue weighted by Gasteiger charge is 2.36. The summed E-state index contributed by atoms with van der Waals surface area (Å²) in [7, 11) is 0. The van der Waals surface area contributed by atoms with Gasteiger partial charge in [0.15, 0.2) is 0 Å². The third-order valence-corrected chi connectivity index (χ3v) is 4.75. The van der Waals surface area contributed by atoms with Crippen LogP contribution in [0.1, 0.15) is 64.2 Å². The van der Waals surface area contributed by atoms with Gasteiger partial charge in [-0.15, -0.1) is 0 Å². The summed E-state index contributed by atoms with van der Waals surface area (Å²) in [6, 6.07) is 6.57. The fourth-order valence-electron chi connectivity index (χ4n) is 3.09. The van der Waals surface area contributed by atoms with Gasteiger partial charge in [0.2, 0.25) is 5.24 Å². The Morgan fingerprint density at radius 3 is 2.20 bits per heavy atom. The van der Waals surface area contributed by atoms with Crippen LogP contribution < -0.4 is 0 Å². The van der Waals surface area contributed by atoms with Gasteiger partial charge in [0.1, 0.15) is 0 Å². The van der Waals surface area contributed by atoms with E-state index >= 15 is 0 Å². The van der Waals surface area contributed by atoms with E-state index < -0.39 is 5.24 Å². The smallest absolute Gasteiger partial charge is 0.245 e. The molecule has 0 fully saturated rings. The third-order valence-electron chi connectivity index (χ3n) is 4.64. The van der Waals surface area contributed by atoms with E-state index in [-0.39, 0.29) is 10.8 Å². The quantitative estimate of drug-likeness (QED) is 0.540. The SMILES string of the molecule is C/C(=C/C(=O)Cl)c1ccc2c(c1)C(C)(C)CCC2(C)C. The minimum Gasteiger partial charge on any atom is -0.276 e. The minimum atomic E-state index is -0.417. The van der Waals surface area contributed by atoms with Crippen molar-refractivity contribution in [3.8, 4) is 0 Å². The van der Waals surface area contributed by atoms with E-state index in [0.717, 1.165) is 11.1 Å². The number of halogens is 1. The fourth-order valence-corrected chi connectivity index (χ4v) is 3.25. The summed E-state index contributed by atoms with van der Waals surface area (Å²) < 4.78 is 0. The van der Waals surface area contributed by atoms with Crippen LogP contribution in [0.5, 0.6) is 0 Å². The summed E-state index contributed by atoms with van der Waals surface area (Å²) in [6.45, 7) is 11.2. The second-order valence-electron chi connectivity index (χ2n) is 7.16. The molecule has 0 saturated carbocycles. The van der Waals surface area contributed by atoms with Crippen molar-refractivity contribution in [2.24, 2.45) is 0 Å². The summed E-state index contributed by atoms with van der Waals surface area (Å²) in [5.74, 6) is 0. The van der Waals surface area contributed by atoms with Crippen molar-refractivity contribution in [1.29, 1.82) is 0 Å². The van der Waals surface area contributed by atoms with Gasteiger partial charge in [0, 0.05) is 6.08 Å². The normalized spacial score (nSPS) is 20.4. The Bertz CT molecular complexity index is 579. The third kappa shape index (κ3) is 2.83. The van der Waals surface area contributed by atoms with Crippen LogP contribution in [0, 0.1) is 0 Å². The Labute approximate surface area is 127 Å². The van der Waals surface area contributed by atoms with Crippen LogP contribution in [0.3, 0.4) is 0 Å². The summed E-state index contributed by atoms with van der Waals surface area (Å²) >= 11 is 5.45. The maximum atomic E-state index is 11.0. The van der Waals surface area contributed by atoms with Crippen molar-refractivity contribution < 1.29 is 4.79 Å². The second-order valence-corrected chi connectivity index (χ2v) is 7.53. The highest BCUT2D eigenvalue weighted by molar-refractivity contribution is 6.67. The Kier molecular flexibility index (Phi) is 3.85. The summed E-state index contributed by atoms with van der Waals surface area (Å²) in [6.07, 6.45) is 3.89. The van der Waals surface area contributed by atoms with E-state index in [9.17, 15) is 4.79 Å². The van der Waals surface area contributed by atoms with E-state index in [1.807, 2.05) is 6.92 Å². The zero-order chi connectivity index (χ0) is 15.1. The lowest BCUT2D eigenvalue weighted by molar-refractivity contribution is -0.107. The number of hydrogen-bond acceptors (Lipinski definition) is 1. The van der Waals surface area contributed by atoms with Crippen LogP contribution >= 0.6 is 11.6 Å². The lowest BCUT2D eigenvalue weighted by Crippen LogP contribution is -2.33. The van der Waals surface area contributed by atoms with Crippen LogP contribution in [0.4, 0.5) is 0 Å². The van der Waals surface area contributed by atoms with Gasteiger partial charge in [0.25, 0.3) is 0 Å². The van der Waals surface area contributed by atoms with Gasteiger partial charge in [-0.2, -0.15) is 0 Å². The Balaban J connectivity index is 2.57. The van der Waals surface area contributed by atoms with E-state index in [0.29, 0.717) is 0 Å². The molecule has 1 nitrogen and oxygen atoms in total. The van der Waals surface area contributed by atoms with E-state index in [4.69, 9.17) is 11.6 Å². The first-order valence-electron chi connectivity index (χ1n) is 7.17. The molecule has 0 bridgehead atoms. The van der Waals surface area contributed by atoms with Gasteiger partial charge in [-0.3, -0.25) is 4.79 Å². The molecular weight excluding hydrogens is 268 g/mol. The number of carbonyl (C=O) groups excluding carboxylic acids is 1. The number of carbonyl (C=O) groups is 1. The summed E-state index contributed by atoms with van der Waals surface area (Å²) in [5, 5.41) is -0.417. The Morgan fingerprint density at radius 1 is 1.10 bits per heavy atom. The average Bonchev–Trinajstić information content (AvgIpc) is 2.34. The number of benzene rings is 1. The van der Waals surface area contributed by atoms with Crippen molar-refractivity contribution in [1.82, 2.24) is 0 Å². The number of allylic oxidation sites excluding steroid dienone is 2. The van der Waals surface area contributed by atoms with Crippen molar-refractivity contribution >= 4 is 22.4 Å². The number of rotatable bonds is 2. The molecule has 0 amide bonds. The molecule has 0 N–H and O–H groups in total. The zero-order valence-electron chi connectivity index (χ0n) is 13.0. The van der Waals surface area contributed by atoms with E-state index in [1.54, 1.807) is 0 Å². The lowest BCUT2D eigenvalue weighted by atomic mass is 9.63. The Hall–Kier alpha value is -1.08. The molecule has 2 heteroatoms.